The van der Waals surface area contributed by atoms with Gasteiger partial charge in [-0.3, -0.25) is 9.88 Å². The average Bonchev–Trinajstić information content (AvgIpc) is 2.68. The van der Waals surface area contributed by atoms with Crippen molar-refractivity contribution in [2.24, 2.45) is 0 Å². The number of hydrogen-bond acceptors (Lipinski definition) is 6. The molecule has 0 bridgehead atoms. The van der Waals surface area contributed by atoms with E-state index in [2.05, 4.69) is 61.1 Å². The highest BCUT2D eigenvalue weighted by Crippen LogP contribution is 2.21. The van der Waals surface area contributed by atoms with Crippen molar-refractivity contribution >= 4 is 28.4 Å². The first kappa shape index (κ1) is 17.2. The van der Waals surface area contributed by atoms with Crippen molar-refractivity contribution in [1.29, 1.82) is 0 Å². The van der Waals surface area contributed by atoms with Gasteiger partial charge in [0.25, 0.3) is 0 Å². The molecule has 0 unspecified atom stereocenters. The van der Waals surface area contributed by atoms with E-state index in [0.717, 1.165) is 49.4 Å². The van der Waals surface area contributed by atoms with Gasteiger partial charge in [0.1, 0.15) is 5.82 Å². The topological polar surface area (TPSA) is 45.2 Å². The molecule has 26 heavy (non-hydrogen) atoms. The second-order valence-corrected chi connectivity index (χ2v) is 7.37. The predicted octanol–water partition coefficient (Wildman–Crippen LogP) is 3.38. The number of rotatable bonds is 4. The van der Waals surface area contributed by atoms with E-state index in [0.29, 0.717) is 0 Å². The number of piperazine rings is 1. The van der Waals surface area contributed by atoms with Gasteiger partial charge in [0.15, 0.2) is 5.16 Å². The summed E-state index contributed by atoms with van der Waals surface area (Å²) >= 11 is 1.60. The Kier molecular flexibility index (Phi) is 5.04. The molecule has 0 saturated carbocycles. The molecule has 5 nitrogen and oxygen atoms in total. The van der Waals surface area contributed by atoms with E-state index in [1.54, 1.807) is 11.8 Å². The number of nitrogens with zero attached hydrogens (tertiary/aromatic N) is 5. The third-order valence-electron chi connectivity index (χ3n) is 4.83. The molecule has 1 aliphatic rings. The lowest BCUT2D eigenvalue weighted by atomic mass is 10.1. The number of anilines is 1. The maximum atomic E-state index is 4.67. The first-order valence-electron chi connectivity index (χ1n) is 8.92. The van der Waals surface area contributed by atoms with E-state index in [-0.39, 0.29) is 0 Å². The third kappa shape index (κ3) is 3.66. The van der Waals surface area contributed by atoms with Crippen LogP contribution < -0.4 is 4.90 Å². The fourth-order valence-electron chi connectivity index (χ4n) is 3.43. The zero-order chi connectivity index (χ0) is 17.9. The molecule has 1 aromatic carbocycles. The lowest BCUT2D eigenvalue weighted by Crippen LogP contribution is -2.46. The Balaban J connectivity index is 1.44. The molecular weight excluding hydrogens is 342 g/mol. The molecule has 2 aromatic heterocycles. The molecule has 0 N–H and O–H groups in total. The van der Waals surface area contributed by atoms with Gasteiger partial charge in [-0.1, -0.05) is 36.0 Å². The van der Waals surface area contributed by atoms with Crippen LogP contribution >= 0.6 is 11.8 Å². The Morgan fingerprint density at radius 2 is 1.85 bits per heavy atom. The van der Waals surface area contributed by atoms with E-state index >= 15 is 0 Å². The van der Waals surface area contributed by atoms with Crippen LogP contribution in [0.4, 0.5) is 5.82 Å². The van der Waals surface area contributed by atoms with Crippen molar-refractivity contribution in [2.45, 2.75) is 18.6 Å². The predicted molar refractivity (Wildman–Crippen MR) is 108 cm³/mol. The highest BCUT2D eigenvalue weighted by molar-refractivity contribution is 7.98. The van der Waals surface area contributed by atoms with Gasteiger partial charge in [0.05, 0.1) is 5.69 Å². The molecule has 0 spiro atoms. The first-order valence-corrected chi connectivity index (χ1v) is 10.1. The molecule has 1 fully saturated rings. The van der Waals surface area contributed by atoms with E-state index in [1.807, 2.05) is 19.4 Å². The van der Waals surface area contributed by atoms with Crippen LogP contribution in [0.2, 0.25) is 0 Å². The number of pyridine rings is 1. The van der Waals surface area contributed by atoms with Gasteiger partial charge < -0.3 is 4.90 Å². The van der Waals surface area contributed by atoms with E-state index < -0.39 is 0 Å². The SMILES string of the molecule is CSc1nc(C)cc(N2CCN(Cc3nccc4ccccc34)CC2)n1. The Bertz CT molecular complexity index is 900. The lowest BCUT2D eigenvalue weighted by Gasteiger charge is -2.35. The van der Waals surface area contributed by atoms with Gasteiger partial charge >= 0.3 is 0 Å². The molecule has 0 radical (unpaired) electrons. The highest BCUT2D eigenvalue weighted by atomic mass is 32.2. The zero-order valence-corrected chi connectivity index (χ0v) is 16.0. The smallest absolute Gasteiger partial charge is 0.189 e. The minimum atomic E-state index is 0.849. The van der Waals surface area contributed by atoms with Gasteiger partial charge in [-0.25, -0.2) is 9.97 Å². The summed E-state index contributed by atoms with van der Waals surface area (Å²) < 4.78 is 0. The standard InChI is InChI=1S/C20H23N5S/c1-15-13-19(23-20(22-15)26-2)25-11-9-24(10-12-25)14-18-17-6-4-3-5-16(17)7-8-21-18/h3-8,13H,9-12,14H2,1-2H3. The fourth-order valence-corrected chi connectivity index (χ4v) is 3.85. The van der Waals surface area contributed by atoms with Gasteiger partial charge in [0, 0.05) is 56.1 Å². The number of hydrogen-bond donors (Lipinski definition) is 0. The van der Waals surface area contributed by atoms with Crippen molar-refractivity contribution in [2.75, 3.05) is 37.3 Å². The summed E-state index contributed by atoms with van der Waals surface area (Å²) in [7, 11) is 0. The van der Waals surface area contributed by atoms with Crippen molar-refractivity contribution in [1.82, 2.24) is 19.9 Å². The van der Waals surface area contributed by atoms with Gasteiger partial charge in [-0.05, 0) is 24.6 Å². The summed E-state index contributed by atoms with van der Waals surface area (Å²) in [5, 5.41) is 3.37. The molecule has 0 aliphatic carbocycles. The summed E-state index contributed by atoms with van der Waals surface area (Å²) in [5.74, 6) is 1.05. The Hall–Kier alpha value is -2.18. The molecule has 1 aliphatic heterocycles. The number of aromatic nitrogens is 3. The summed E-state index contributed by atoms with van der Waals surface area (Å²) in [6.07, 6.45) is 3.94. The van der Waals surface area contributed by atoms with E-state index in [9.17, 15) is 0 Å². The molecule has 6 heteroatoms. The summed E-state index contributed by atoms with van der Waals surface area (Å²) in [6, 6.07) is 12.7. The molecule has 3 heterocycles. The third-order valence-corrected chi connectivity index (χ3v) is 5.38. The maximum absolute atomic E-state index is 4.67. The van der Waals surface area contributed by atoms with E-state index in [1.165, 1.54) is 16.5 Å². The summed E-state index contributed by atoms with van der Waals surface area (Å²) in [5.41, 5.74) is 2.20. The van der Waals surface area contributed by atoms with Crippen LogP contribution in [0.1, 0.15) is 11.4 Å². The van der Waals surface area contributed by atoms with Crippen molar-refractivity contribution < 1.29 is 0 Å². The Morgan fingerprint density at radius 1 is 1.04 bits per heavy atom. The van der Waals surface area contributed by atoms with Crippen LogP contribution in [0.5, 0.6) is 0 Å². The fraction of sp³-hybridized carbons (Fsp3) is 0.350. The molecule has 3 aromatic rings. The molecule has 134 valence electrons. The minimum Gasteiger partial charge on any atom is -0.354 e. The average molecular weight is 366 g/mol. The number of thioether (sulfide) groups is 1. The van der Waals surface area contributed by atoms with Crippen LogP contribution in [0.15, 0.2) is 47.8 Å². The number of aryl methyl sites for hydroxylation is 1. The highest BCUT2D eigenvalue weighted by Gasteiger charge is 2.20. The van der Waals surface area contributed by atoms with Gasteiger partial charge in [-0.15, -0.1) is 0 Å². The summed E-state index contributed by atoms with van der Waals surface area (Å²) in [4.78, 5) is 18.6. The van der Waals surface area contributed by atoms with Gasteiger partial charge in [0.2, 0.25) is 0 Å². The van der Waals surface area contributed by atoms with E-state index in [4.69, 9.17) is 0 Å². The minimum absolute atomic E-state index is 0.849. The second-order valence-electron chi connectivity index (χ2n) is 6.60. The second kappa shape index (κ2) is 7.60. The van der Waals surface area contributed by atoms with Gasteiger partial charge in [-0.2, -0.15) is 0 Å². The van der Waals surface area contributed by atoms with Crippen LogP contribution in [-0.4, -0.2) is 52.3 Å². The number of fused-ring (bicyclic) bond motifs is 1. The largest absolute Gasteiger partial charge is 0.354 e. The molecular formula is C20H23N5S. The monoisotopic (exact) mass is 365 g/mol. The zero-order valence-electron chi connectivity index (χ0n) is 15.2. The van der Waals surface area contributed by atoms with Crippen LogP contribution in [0, 0.1) is 6.92 Å². The van der Waals surface area contributed by atoms with Crippen molar-refractivity contribution in [3.05, 3.63) is 54.0 Å². The normalized spacial score (nSPS) is 15.5. The Morgan fingerprint density at radius 3 is 2.65 bits per heavy atom. The molecule has 1 saturated heterocycles. The number of benzene rings is 1. The van der Waals surface area contributed by atoms with Crippen LogP contribution in [-0.2, 0) is 6.54 Å². The first-order chi connectivity index (χ1) is 12.7. The van der Waals surface area contributed by atoms with Crippen LogP contribution in [0.3, 0.4) is 0 Å². The Labute approximate surface area is 158 Å². The maximum Gasteiger partial charge on any atom is 0.189 e. The van der Waals surface area contributed by atoms with Crippen molar-refractivity contribution in [3.8, 4) is 0 Å². The van der Waals surface area contributed by atoms with Crippen LogP contribution in [0.25, 0.3) is 10.8 Å². The molecule has 4 rings (SSSR count). The summed E-state index contributed by atoms with van der Waals surface area (Å²) in [6.45, 7) is 6.93. The quantitative estimate of drug-likeness (QED) is 0.522. The molecule has 0 atom stereocenters. The lowest BCUT2D eigenvalue weighted by molar-refractivity contribution is 0.247. The van der Waals surface area contributed by atoms with Crippen molar-refractivity contribution in [3.63, 3.8) is 0 Å². The molecule has 0 amide bonds.